The molecule has 0 radical (unpaired) electrons. The Kier molecular flexibility index (Phi) is 12.9. The minimum absolute atomic E-state index is 0.0739. The van der Waals surface area contributed by atoms with Crippen LogP contribution in [-0.2, 0) is 12.8 Å². The van der Waals surface area contributed by atoms with Gasteiger partial charge in [0.15, 0.2) is 11.5 Å². The van der Waals surface area contributed by atoms with E-state index < -0.39 is 36.4 Å². The zero-order valence-corrected chi connectivity index (χ0v) is 32.4. The van der Waals surface area contributed by atoms with Gasteiger partial charge >= 0.3 is 0 Å². The SMILES string of the molecule is C[C@H](Cc1ccccc1)[C@@H]1C#C[C@@H]2C=C[C@@H](c3ccc(O)c(O[C@@H]4[C@@H](O)[C@H](O)CC[C@@H]4[C@H](Cc4ccc[nH]4)C4=CCNC(N)=C4)c3)C[C@@H](O)[C@H]2[C@@H](O)CCCC1. The Hall–Kier alpha value is -4.46. The highest BCUT2D eigenvalue weighted by Crippen LogP contribution is 2.43. The number of hydrogen-bond donors (Lipinski definition) is 8. The molecule has 12 atom stereocenters. The predicted molar refractivity (Wildman–Crippen MR) is 218 cm³/mol. The molecule has 0 saturated heterocycles. The number of benzene rings is 2. The van der Waals surface area contributed by atoms with Crippen molar-refractivity contribution >= 4 is 0 Å². The molecule has 0 unspecified atom stereocenters. The number of ether oxygens (including phenoxy) is 1. The summed E-state index contributed by atoms with van der Waals surface area (Å²) in [6, 6.07) is 19.7. The Bertz CT molecular complexity index is 1900. The molecule has 4 aliphatic rings. The summed E-state index contributed by atoms with van der Waals surface area (Å²) in [5, 5.41) is 60.0. The number of nitrogens with two attached hydrogens (primary N) is 1. The lowest BCUT2D eigenvalue weighted by atomic mass is 9.70. The van der Waals surface area contributed by atoms with Crippen LogP contribution in [0.5, 0.6) is 11.5 Å². The molecule has 298 valence electrons. The molecule has 2 aromatic carbocycles. The van der Waals surface area contributed by atoms with Gasteiger partial charge < -0.3 is 46.3 Å². The fourth-order valence-corrected chi connectivity index (χ4v) is 9.59. The molecule has 1 fully saturated rings. The number of aliphatic hydroxyl groups excluding tert-OH is 4. The number of aromatic amines is 1. The lowest BCUT2D eigenvalue weighted by Crippen LogP contribution is -2.52. The number of allylic oxidation sites excluding steroid dienone is 4. The first-order chi connectivity index (χ1) is 27.1. The third-order valence-corrected chi connectivity index (χ3v) is 12.8. The highest BCUT2D eigenvalue weighted by Gasteiger charge is 2.44. The molecule has 0 bridgehead atoms. The minimum atomic E-state index is -1.19. The lowest BCUT2D eigenvalue weighted by molar-refractivity contribution is -0.108. The van der Waals surface area contributed by atoms with Gasteiger partial charge in [-0.3, -0.25) is 0 Å². The van der Waals surface area contributed by atoms with Gasteiger partial charge in [-0.05, 0) is 104 Å². The van der Waals surface area contributed by atoms with Crippen molar-refractivity contribution in [2.24, 2.45) is 41.2 Å². The Morgan fingerprint density at radius 2 is 1.70 bits per heavy atom. The second kappa shape index (κ2) is 18.2. The normalized spacial score (nSPS) is 31.9. The van der Waals surface area contributed by atoms with Crippen molar-refractivity contribution < 1.29 is 30.3 Å². The number of fused-ring (bicyclic) bond motifs is 1. The van der Waals surface area contributed by atoms with Gasteiger partial charge in [-0.15, -0.1) is 0 Å². The first kappa shape index (κ1) is 39.8. The van der Waals surface area contributed by atoms with Gasteiger partial charge in [-0.2, -0.15) is 0 Å². The van der Waals surface area contributed by atoms with Gasteiger partial charge in [0.1, 0.15) is 12.2 Å². The summed E-state index contributed by atoms with van der Waals surface area (Å²) in [4.78, 5) is 3.31. The number of phenolic OH excluding ortho intramolecular Hbond substituents is 1. The molecule has 1 aromatic heterocycles. The molecular weight excluding hydrogens is 703 g/mol. The van der Waals surface area contributed by atoms with Gasteiger partial charge in [0.2, 0.25) is 0 Å². The van der Waals surface area contributed by atoms with Gasteiger partial charge in [-0.1, -0.05) is 86.2 Å². The molecule has 0 amide bonds. The molecule has 9 heteroatoms. The number of hydrogen-bond acceptors (Lipinski definition) is 8. The van der Waals surface area contributed by atoms with E-state index in [0.717, 1.165) is 42.5 Å². The van der Waals surface area contributed by atoms with Crippen LogP contribution in [0.3, 0.4) is 0 Å². The molecule has 2 heterocycles. The topological polar surface area (TPSA) is 164 Å². The molecule has 1 aliphatic heterocycles. The first-order valence-corrected chi connectivity index (χ1v) is 20.6. The minimum Gasteiger partial charge on any atom is -0.504 e. The maximum absolute atomic E-state index is 11.8. The summed E-state index contributed by atoms with van der Waals surface area (Å²) in [6.45, 7) is 2.86. The number of rotatable bonds is 10. The van der Waals surface area contributed by atoms with Gasteiger partial charge in [0.05, 0.1) is 24.1 Å². The summed E-state index contributed by atoms with van der Waals surface area (Å²) < 4.78 is 6.62. The molecule has 56 heavy (non-hydrogen) atoms. The number of nitrogens with one attached hydrogen (secondary N) is 2. The van der Waals surface area contributed by atoms with Crippen molar-refractivity contribution in [3.8, 4) is 23.3 Å². The van der Waals surface area contributed by atoms with Crippen molar-refractivity contribution in [3.05, 3.63) is 119 Å². The van der Waals surface area contributed by atoms with E-state index in [1.807, 2.05) is 36.5 Å². The van der Waals surface area contributed by atoms with Crippen molar-refractivity contribution in [2.45, 2.75) is 101 Å². The second-order valence-corrected chi connectivity index (χ2v) is 16.6. The Balaban J connectivity index is 1.15. The lowest BCUT2D eigenvalue weighted by Gasteiger charge is -2.42. The van der Waals surface area contributed by atoms with E-state index in [4.69, 9.17) is 10.5 Å². The summed E-state index contributed by atoms with van der Waals surface area (Å²) in [7, 11) is 0. The average molecular weight is 762 g/mol. The van der Waals surface area contributed by atoms with Crippen molar-refractivity contribution in [1.82, 2.24) is 10.3 Å². The van der Waals surface area contributed by atoms with Crippen LogP contribution in [0.15, 0.2) is 103 Å². The van der Waals surface area contributed by atoms with E-state index in [2.05, 4.69) is 71.6 Å². The van der Waals surface area contributed by atoms with Crippen LogP contribution >= 0.6 is 0 Å². The Morgan fingerprint density at radius 1 is 0.875 bits per heavy atom. The number of aliphatic hydroxyl groups is 4. The average Bonchev–Trinajstić information content (AvgIpc) is 3.65. The van der Waals surface area contributed by atoms with Crippen molar-refractivity contribution in [1.29, 1.82) is 0 Å². The Morgan fingerprint density at radius 3 is 2.48 bits per heavy atom. The van der Waals surface area contributed by atoms with Crippen LogP contribution in [0.2, 0.25) is 0 Å². The van der Waals surface area contributed by atoms with E-state index in [9.17, 15) is 25.5 Å². The number of dihydropyridines is 1. The van der Waals surface area contributed by atoms with Gasteiger partial charge in [-0.25, -0.2) is 0 Å². The maximum atomic E-state index is 11.8. The van der Waals surface area contributed by atoms with Crippen LogP contribution in [0.4, 0.5) is 0 Å². The number of aromatic nitrogens is 1. The standard InChI is InChI=1S/C47H59N3O6/c1-29(24-30-8-3-2-4-9-30)31-10-5-6-12-40(52)45-32(14-13-31)15-16-33(25-42(45)54)34-17-19-39(51)43(26-34)56-47-37(18-20-41(53)46(47)55)38(28-36-11-7-22-49-36)35-21-23-50-44(48)27-35/h2-4,7-9,11,15-17,19,21-22,26-27,29,31-33,37-38,40-42,45-47,49-55H,5-6,10,12,18,20,23-25,28,48H2,1H3/t29-,31+,32-,33-,37-,38-,40+,41-,42-,45-,46+,47+/m1/s1. The van der Waals surface area contributed by atoms with E-state index in [1.54, 1.807) is 12.1 Å². The monoisotopic (exact) mass is 761 g/mol. The summed E-state index contributed by atoms with van der Waals surface area (Å²) in [6.07, 6.45) is 12.0. The zero-order valence-electron chi connectivity index (χ0n) is 32.4. The number of phenols is 1. The van der Waals surface area contributed by atoms with Crippen molar-refractivity contribution in [2.75, 3.05) is 6.54 Å². The third kappa shape index (κ3) is 9.38. The Labute approximate surface area is 331 Å². The molecule has 7 rings (SSSR count). The fraction of sp³-hybridized carbons (Fsp3) is 0.489. The van der Waals surface area contributed by atoms with Crippen LogP contribution in [-0.4, -0.2) is 67.6 Å². The van der Waals surface area contributed by atoms with Crippen LogP contribution in [0, 0.1) is 47.3 Å². The van der Waals surface area contributed by atoms with E-state index in [0.29, 0.717) is 50.4 Å². The van der Waals surface area contributed by atoms with E-state index >= 15 is 0 Å². The first-order valence-electron chi connectivity index (χ1n) is 20.6. The molecule has 3 aliphatic carbocycles. The van der Waals surface area contributed by atoms with Gasteiger partial charge in [0, 0.05) is 48.0 Å². The van der Waals surface area contributed by atoms with E-state index in [1.165, 1.54) is 5.56 Å². The number of aromatic hydroxyl groups is 1. The quantitative estimate of drug-likeness (QED) is 0.0942. The molecule has 9 N–H and O–H groups in total. The van der Waals surface area contributed by atoms with Gasteiger partial charge in [0.25, 0.3) is 0 Å². The van der Waals surface area contributed by atoms with Crippen LogP contribution in [0.25, 0.3) is 0 Å². The molecule has 3 aromatic rings. The fourth-order valence-electron chi connectivity index (χ4n) is 9.59. The smallest absolute Gasteiger partial charge is 0.161 e. The van der Waals surface area contributed by atoms with Crippen molar-refractivity contribution in [3.63, 3.8) is 0 Å². The predicted octanol–water partition coefficient (Wildman–Crippen LogP) is 5.86. The molecule has 9 nitrogen and oxygen atoms in total. The summed E-state index contributed by atoms with van der Waals surface area (Å²) >= 11 is 0. The van der Waals surface area contributed by atoms with Crippen LogP contribution < -0.4 is 15.8 Å². The third-order valence-electron chi connectivity index (χ3n) is 12.8. The molecular formula is C47H59N3O6. The second-order valence-electron chi connectivity index (χ2n) is 16.6. The highest BCUT2D eigenvalue weighted by molar-refractivity contribution is 5.45. The highest BCUT2D eigenvalue weighted by atomic mass is 16.5. The van der Waals surface area contributed by atoms with Crippen LogP contribution in [0.1, 0.15) is 74.6 Å². The molecule has 1 saturated carbocycles. The summed E-state index contributed by atoms with van der Waals surface area (Å²) in [5.41, 5.74) is 10.4. The zero-order chi connectivity index (χ0) is 39.2. The molecule has 0 spiro atoms. The summed E-state index contributed by atoms with van der Waals surface area (Å²) in [5.74, 6) is 7.15. The van der Waals surface area contributed by atoms with E-state index in [-0.39, 0.29) is 41.1 Å². The number of H-pyrrole nitrogens is 1. The maximum Gasteiger partial charge on any atom is 0.161 e. The largest absolute Gasteiger partial charge is 0.504 e.